The Kier molecular flexibility index (Phi) is 5.76. The van der Waals surface area contributed by atoms with Gasteiger partial charge in [0, 0.05) is 51.9 Å². The van der Waals surface area contributed by atoms with E-state index in [1.54, 1.807) is 7.05 Å². The molecule has 0 amide bonds. The molecule has 0 aromatic rings. The minimum Gasteiger partial charge on any atom is -0.396 e. The third-order valence-corrected chi connectivity index (χ3v) is 5.53. The fraction of sp³-hybridized carbons (Fsp3) is 1.00. The third kappa shape index (κ3) is 4.39. The average molecular weight is 293 g/mol. The van der Waals surface area contributed by atoms with Crippen molar-refractivity contribution in [2.24, 2.45) is 0 Å². The van der Waals surface area contributed by atoms with Crippen LogP contribution in [0.4, 0.5) is 0 Å². The van der Waals surface area contributed by atoms with Crippen LogP contribution < -0.4 is 0 Å². The third-order valence-electron chi connectivity index (χ3n) is 3.54. The molecule has 114 valence electrons. The van der Waals surface area contributed by atoms with Crippen LogP contribution in [0.3, 0.4) is 0 Å². The lowest BCUT2D eigenvalue weighted by molar-refractivity contribution is 0.0900. The number of nitrogens with zero attached hydrogens (tertiary/aromatic N) is 3. The summed E-state index contributed by atoms with van der Waals surface area (Å²) in [5, 5.41) is 8.77. The normalized spacial score (nSPS) is 20.1. The Labute approximate surface area is 117 Å². The molecular weight excluding hydrogens is 266 g/mol. The second kappa shape index (κ2) is 6.49. The van der Waals surface area contributed by atoms with Gasteiger partial charge in [-0.3, -0.25) is 4.90 Å². The van der Waals surface area contributed by atoms with Crippen LogP contribution in [0.5, 0.6) is 0 Å². The zero-order valence-corrected chi connectivity index (χ0v) is 13.3. The molecule has 0 atom stereocenters. The van der Waals surface area contributed by atoms with E-state index in [9.17, 15) is 8.42 Å². The molecule has 1 aliphatic rings. The topological polar surface area (TPSA) is 64.1 Å². The minimum atomic E-state index is -3.37. The zero-order chi connectivity index (χ0) is 14.7. The Bertz CT molecular complexity index is 370. The van der Waals surface area contributed by atoms with Gasteiger partial charge < -0.3 is 5.11 Å². The highest BCUT2D eigenvalue weighted by Gasteiger charge is 2.33. The summed E-state index contributed by atoms with van der Waals surface area (Å²) in [4.78, 5) is 2.30. The van der Waals surface area contributed by atoms with E-state index in [0.717, 1.165) is 13.1 Å². The van der Waals surface area contributed by atoms with Gasteiger partial charge in [0.05, 0.1) is 0 Å². The summed E-state index contributed by atoms with van der Waals surface area (Å²) < 4.78 is 27.5. The van der Waals surface area contributed by atoms with E-state index in [1.807, 2.05) is 0 Å². The minimum absolute atomic E-state index is 0.0116. The molecule has 1 heterocycles. The first-order chi connectivity index (χ1) is 8.69. The summed E-state index contributed by atoms with van der Waals surface area (Å²) in [6.45, 7) is 9.38. The second-order valence-corrected chi connectivity index (χ2v) is 8.00. The molecule has 1 fully saturated rings. The van der Waals surface area contributed by atoms with Gasteiger partial charge in [-0.05, 0) is 27.2 Å². The zero-order valence-electron chi connectivity index (χ0n) is 12.5. The SMILES string of the molecule is CN(CCCO)S(=O)(=O)N1CCN(C(C)(C)C)CC1. The van der Waals surface area contributed by atoms with Crippen LogP contribution in [-0.2, 0) is 10.2 Å². The fourth-order valence-corrected chi connectivity index (χ4v) is 3.57. The molecule has 0 radical (unpaired) electrons. The van der Waals surface area contributed by atoms with E-state index >= 15 is 0 Å². The Morgan fingerprint density at radius 2 is 1.68 bits per heavy atom. The molecule has 1 rings (SSSR count). The van der Waals surface area contributed by atoms with E-state index < -0.39 is 10.2 Å². The van der Waals surface area contributed by atoms with Crippen LogP contribution in [0.15, 0.2) is 0 Å². The molecule has 6 nitrogen and oxygen atoms in total. The van der Waals surface area contributed by atoms with Crippen molar-refractivity contribution in [2.75, 3.05) is 46.4 Å². The van der Waals surface area contributed by atoms with Gasteiger partial charge >= 0.3 is 0 Å². The molecule has 0 aromatic carbocycles. The first-order valence-electron chi connectivity index (χ1n) is 6.77. The first kappa shape index (κ1) is 16.8. The molecule has 19 heavy (non-hydrogen) atoms. The predicted octanol–water partition coefficient (Wildman–Crippen LogP) is -0.0385. The number of hydrogen-bond donors (Lipinski definition) is 1. The lowest BCUT2D eigenvalue weighted by atomic mass is 10.1. The van der Waals surface area contributed by atoms with Gasteiger partial charge in [0.25, 0.3) is 10.2 Å². The number of aliphatic hydroxyl groups excluding tert-OH is 1. The van der Waals surface area contributed by atoms with E-state index in [-0.39, 0.29) is 12.1 Å². The maximum atomic E-state index is 12.3. The van der Waals surface area contributed by atoms with Crippen LogP contribution in [-0.4, -0.2) is 79.0 Å². The van der Waals surface area contributed by atoms with Crippen LogP contribution in [0.1, 0.15) is 27.2 Å². The largest absolute Gasteiger partial charge is 0.396 e. The Balaban J connectivity index is 2.59. The van der Waals surface area contributed by atoms with E-state index in [2.05, 4.69) is 25.7 Å². The average Bonchev–Trinajstić information content (AvgIpc) is 2.35. The van der Waals surface area contributed by atoms with Crippen LogP contribution >= 0.6 is 0 Å². The Morgan fingerprint density at radius 3 is 2.11 bits per heavy atom. The molecule has 0 aromatic heterocycles. The van der Waals surface area contributed by atoms with Crippen molar-refractivity contribution in [1.29, 1.82) is 0 Å². The summed E-state index contributed by atoms with van der Waals surface area (Å²) >= 11 is 0. The number of aliphatic hydroxyl groups is 1. The second-order valence-electron chi connectivity index (χ2n) is 5.96. The predicted molar refractivity (Wildman–Crippen MR) is 76.2 cm³/mol. The smallest absolute Gasteiger partial charge is 0.281 e. The van der Waals surface area contributed by atoms with E-state index in [0.29, 0.717) is 26.1 Å². The van der Waals surface area contributed by atoms with Crippen molar-refractivity contribution in [2.45, 2.75) is 32.7 Å². The van der Waals surface area contributed by atoms with Gasteiger partial charge in [0.2, 0.25) is 0 Å². The van der Waals surface area contributed by atoms with Gasteiger partial charge in [-0.25, -0.2) is 0 Å². The number of piperazine rings is 1. The highest BCUT2D eigenvalue weighted by molar-refractivity contribution is 7.86. The van der Waals surface area contributed by atoms with Gasteiger partial charge in [-0.15, -0.1) is 0 Å². The molecule has 7 heteroatoms. The molecule has 0 unspecified atom stereocenters. The van der Waals surface area contributed by atoms with Crippen LogP contribution in [0, 0.1) is 0 Å². The summed E-state index contributed by atoms with van der Waals surface area (Å²) in [5.41, 5.74) is 0.0820. The van der Waals surface area contributed by atoms with Crippen LogP contribution in [0.25, 0.3) is 0 Å². The van der Waals surface area contributed by atoms with E-state index in [1.165, 1.54) is 8.61 Å². The van der Waals surface area contributed by atoms with Crippen molar-refractivity contribution in [1.82, 2.24) is 13.5 Å². The van der Waals surface area contributed by atoms with Crippen molar-refractivity contribution in [3.05, 3.63) is 0 Å². The van der Waals surface area contributed by atoms with E-state index in [4.69, 9.17) is 5.11 Å². The summed E-state index contributed by atoms with van der Waals surface area (Å²) in [6.07, 6.45) is 0.470. The van der Waals surface area contributed by atoms with Gasteiger partial charge in [-0.2, -0.15) is 17.0 Å². The van der Waals surface area contributed by atoms with Crippen molar-refractivity contribution in [3.8, 4) is 0 Å². The Hall–Kier alpha value is -0.210. The molecule has 0 bridgehead atoms. The quantitative estimate of drug-likeness (QED) is 0.773. The maximum Gasteiger partial charge on any atom is 0.281 e. The molecule has 0 saturated carbocycles. The summed E-state index contributed by atoms with van der Waals surface area (Å²) in [6, 6.07) is 0. The van der Waals surface area contributed by atoms with Crippen molar-refractivity contribution < 1.29 is 13.5 Å². The summed E-state index contributed by atoms with van der Waals surface area (Å²) in [7, 11) is -1.80. The molecule has 1 N–H and O–H groups in total. The first-order valence-corrected chi connectivity index (χ1v) is 8.16. The standard InChI is InChI=1S/C12H27N3O3S/c1-12(2,3)14-7-9-15(10-8-14)19(17,18)13(4)6-5-11-16/h16H,5-11H2,1-4H3. The Morgan fingerprint density at radius 1 is 1.16 bits per heavy atom. The highest BCUT2D eigenvalue weighted by atomic mass is 32.2. The highest BCUT2D eigenvalue weighted by Crippen LogP contribution is 2.18. The van der Waals surface area contributed by atoms with Crippen molar-refractivity contribution in [3.63, 3.8) is 0 Å². The molecule has 1 saturated heterocycles. The molecular formula is C12H27N3O3S. The molecule has 0 spiro atoms. The lowest BCUT2D eigenvalue weighted by Gasteiger charge is -2.42. The fourth-order valence-electron chi connectivity index (χ4n) is 2.20. The number of hydrogen-bond acceptors (Lipinski definition) is 4. The monoisotopic (exact) mass is 293 g/mol. The van der Waals surface area contributed by atoms with Gasteiger partial charge in [0.15, 0.2) is 0 Å². The van der Waals surface area contributed by atoms with Crippen LogP contribution in [0.2, 0.25) is 0 Å². The van der Waals surface area contributed by atoms with Crippen molar-refractivity contribution >= 4 is 10.2 Å². The van der Waals surface area contributed by atoms with Gasteiger partial charge in [0.1, 0.15) is 0 Å². The molecule has 0 aliphatic carbocycles. The maximum absolute atomic E-state index is 12.3. The van der Waals surface area contributed by atoms with Gasteiger partial charge in [-0.1, -0.05) is 0 Å². The molecule has 1 aliphatic heterocycles. The summed E-state index contributed by atoms with van der Waals surface area (Å²) in [5.74, 6) is 0. The lowest BCUT2D eigenvalue weighted by Crippen LogP contribution is -2.56. The number of rotatable bonds is 5.